The Morgan fingerprint density at radius 3 is 2.18 bits per heavy atom. The van der Waals surface area contributed by atoms with E-state index in [1.165, 1.54) is 36.1 Å². The fourth-order valence-corrected chi connectivity index (χ4v) is 4.21. The third-order valence-corrected chi connectivity index (χ3v) is 6.16. The Hall–Kier alpha value is -2.82. The molecule has 1 fully saturated rings. The number of rotatable bonds is 3. The Bertz CT molecular complexity index is 1160. The van der Waals surface area contributed by atoms with Crippen molar-refractivity contribution in [2.45, 2.75) is 37.0 Å². The van der Waals surface area contributed by atoms with Crippen molar-refractivity contribution in [3.63, 3.8) is 0 Å². The molecule has 2 heterocycles. The van der Waals surface area contributed by atoms with Crippen molar-refractivity contribution in [3.05, 3.63) is 69.7 Å². The van der Waals surface area contributed by atoms with Crippen LogP contribution in [0.4, 0.5) is 30.7 Å². The van der Waals surface area contributed by atoms with E-state index in [0.717, 1.165) is 6.07 Å². The maximum atomic E-state index is 14.9. The average Bonchev–Trinajstić information content (AvgIpc) is 3.17. The number of hydrogen-bond acceptors (Lipinski definition) is 3. The summed E-state index contributed by atoms with van der Waals surface area (Å²) in [4.78, 5) is 17.4. The Morgan fingerprint density at radius 2 is 1.65 bits per heavy atom. The van der Waals surface area contributed by atoms with E-state index in [-0.39, 0.29) is 35.8 Å². The van der Waals surface area contributed by atoms with Crippen molar-refractivity contribution in [1.82, 2.24) is 4.90 Å². The molecule has 1 saturated heterocycles. The summed E-state index contributed by atoms with van der Waals surface area (Å²) in [6.45, 7) is 1.03. The molecule has 1 amide bonds. The van der Waals surface area contributed by atoms with Crippen LogP contribution in [0.25, 0.3) is 0 Å². The first-order valence-corrected chi connectivity index (χ1v) is 10.3. The minimum atomic E-state index is -5.13. The highest BCUT2D eigenvalue weighted by molar-refractivity contribution is 6.30. The average molecular weight is 509 g/mol. The zero-order valence-electron chi connectivity index (χ0n) is 17.4. The van der Waals surface area contributed by atoms with Gasteiger partial charge in [0.25, 0.3) is 5.60 Å². The lowest BCUT2D eigenvalue weighted by Gasteiger charge is -2.44. The summed E-state index contributed by atoms with van der Waals surface area (Å²) in [6, 6.07) is 7.04. The van der Waals surface area contributed by atoms with E-state index >= 15 is 0 Å². The molecule has 1 atom stereocenters. The molecule has 0 aromatic heterocycles. The molecule has 182 valence electrons. The molecule has 2 aliphatic rings. The van der Waals surface area contributed by atoms with Gasteiger partial charge in [0.15, 0.2) is 5.67 Å². The molecular formula is C22H16ClF7N2O2. The van der Waals surface area contributed by atoms with E-state index in [1.54, 1.807) is 0 Å². The van der Waals surface area contributed by atoms with Crippen LogP contribution in [-0.4, -0.2) is 35.8 Å². The van der Waals surface area contributed by atoms with Crippen molar-refractivity contribution in [3.8, 4) is 0 Å². The second-order valence-electron chi connectivity index (χ2n) is 8.27. The second kappa shape index (κ2) is 7.86. The Kier molecular flexibility index (Phi) is 5.62. The number of carbonyl (C=O) groups is 1. The number of likely N-dealkylation sites (tertiary alicyclic amines) is 1. The van der Waals surface area contributed by atoms with E-state index in [2.05, 4.69) is 5.16 Å². The zero-order chi connectivity index (χ0) is 25.1. The molecule has 2 aromatic rings. The number of oxime groups is 1. The number of hydrogen-bond donors (Lipinski definition) is 0. The third-order valence-electron chi connectivity index (χ3n) is 5.94. The molecule has 34 heavy (non-hydrogen) atoms. The van der Waals surface area contributed by atoms with Crippen molar-refractivity contribution in [2.24, 2.45) is 5.16 Å². The topological polar surface area (TPSA) is 41.9 Å². The van der Waals surface area contributed by atoms with Crippen LogP contribution in [0.15, 0.2) is 47.6 Å². The molecule has 1 unspecified atom stereocenters. The largest absolute Gasteiger partial charge is 0.435 e. The van der Waals surface area contributed by atoms with Crippen LogP contribution in [0.1, 0.15) is 35.6 Å². The van der Waals surface area contributed by atoms with Gasteiger partial charge in [-0.25, -0.2) is 4.39 Å². The minimum absolute atomic E-state index is 0.140. The van der Waals surface area contributed by atoms with Gasteiger partial charge in [0, 0.05) is 23.9 Å². The van der Waals surface area contributed by atoms with Gasteiger partial charge < -0.3 is 9.74 Å². The molecule has 2 aromatic carbocycles. The van der Waals surface area contributed by atoms with E-state index in [0.29, 0.717) is 12.1 Å². The predicted molar refractivity (Wildman–Crippen MR) is 108 cm³/mol. The first kappa shape index (κ1) is 24.3. The second-order valence-corrected chi connectivity index (χ2v) is 8.71. The van der Waals surface area contributed by atoms with Crippen LogP contribution in [0, 0.1) is 0 Å². The van der Waals surface area contributed by atoms with Crippen LogP contribution in [0.3, 0.4) is 0 Å². The van der Waals surface area contributed by atoms with Gasteiger partial charge >= 0.3 is 12.4 Å². The highest BCUT2D eigenvalue weighted by Gasteiger charge is 2.62. The summed E-state index contributed by atoms with van der Waals surface area (Å²) in [6.07, 6.45) is -11.0. The van der Waals surface area contributed by atoms with Gasteiger partial charge in [-0.1, -0.05) is 41.0 Å². The van der Waals surface area contributed by atoms with E-state index < -0.39 is 46.2 Å². The van der Waals surface area contributed by atoms with Gasteiger partial charge in [-0.3, -0.25) is 4.79 Å². The molecule has 4 nitrogen and oxygen atoms in total. The summed E-state index contributed by atoms with van der Waals surface area (Å²) < 4.78 is 96.8. The zero-order valence-corrected chi connectivity index (χ0v) is 18.2. The van der Waals surface area contributed by atoms with Crippen LogP contribution in [0.5, 0.6) is 0 Å². The first-order chi connectivity index (χ1) is 15.6. The van der Waals surface area contributed by atoms with Crippen molar-refractivity contribution >= 4 is 23.2 Å². The summed E-state index contributed by atoms with van der Waals surface area (Å²) in [7, 11) is 0. The third kappa shape index (κ3) is 4.10. The number of nitrogens with zero attached hydrogens (tertiary/aromatic N) is 2. The number of amides is 1. The van der Waals surface area contributed by atoms with Gasteiger partial charge in [0.1, 0.15) is 0 Å². The number of benzene rings is 2. The molecule has 0 spiro atoms. The van der Waals surface area contributed by atoms with Gasteiger partial charge in [-0.05, 0) is 29.3 Å². The Labute approximate surface area is 193 Å². The van der Waals surface area contributed by atoms with E-state index in [9.17, 15) is 35.5 Å². The number of alkyl halides is 7. The highest BCUT2D eigenvalue weighted by Crippen LogP contribution is 2.50. The summed E-state index contributed by atoms with van der Waals surface area (Å²) in [5.74, 6) is -0.277. The Balaban J connectivity index is 1.62. The molecule has 12 heteroatoms. The maximum Gasteiger partial charge on any atom is 0.435 e. The van der Waals surface area contributed by atoms with Crippen molar-refractivity contribution < 1.29 is 40.4 Å². The first-order valence-electron chi connectivity index (χ1n) is 9.90. The maximum absolute atomic E-state index is 14.9. The number of halogens is 8. The van der Waals surface area contributed by atoms with Gasteiger partial charge in [-0.2, -0.15) is 26.3 Å². The molecule has 0 bridgehead atoms. The van der Waals surface area contributed by atoms with E-state index in [1.807, 2.05) is 0 Å². The highest BCUT2D eigenvalue weighted by atomic mass is 35.5. The number of carbonyl (C=O) groups excluding carboxylic acids is 1. The monoisotopic (exact) mass is 508 g/mol. The smallest absolute Gasteiger partial charge is 0.374 e. The van der Waals surface area contributed by atoms with E-state index in [4.69, 9.17) is 16.4 Å². The van der Waals surface area contributed by atoms with Gasteiger partial charge in [-0.15, -0.1) is 0 Å². The summed E-state index contributed by atoms with van der Waals surface area (Å²) >= 11 is 5.69. The summed E-state index contributed by atoms with van der Waals surface area (Å²) in [5.41, 5.74) is -6.90. The van der Waals surface area contributed by atoms with Crippen LogP contribution < -0.4 is 0 Å². The molecule has 0 aliphatic carbocycles. The van der Waals surface area contributed by atoms with Crippen molar-refractivity contribution in [2.75, 3.05) is 13.1 Å². The van der Waals surface area contributed by atoms with Crippen molar-refractivity contribution in [1.29, 1.82) is 0 Å². The predicted octanol–water partition coefficient (Wildman–Crippen LogP) is 5.97. The molecule has 2 aliphatic heterocycles. The summed E-state index contributed by atoms with van der Waals surface area (Å²) in [5, 5.41) is 2.97. The van der Waals surface area contributed by atoms with Gasteiger partial charge in [0.05, 0.1) is 24.4 Å². The fraction of sp³-hybridized carbons (Fsp3) is 0.364. The molecule has 0 radical (unpaired) electrons. The van der Waals surface area contributed by atoms with Crippen LogP contribution >= 0.6 is 11.6 Å². The quantitative estimate of drug-likeness (QED) is 0.480. The van der Waals surface area contributed by atoms with Gasteiger partial charge in [0.2, 0.25) is 5.91 Å². The standard InChI is InChI=1S/C22H16ClF7N2O2/c1-12(33)32-10-19(24,11-32)14-4-2-13(3-5-14)18-9-20(34-31-18,22(28,29)30)15-6-16(21(25,26)27)8-17(23)7-15/h2-8H,9-11H2,1H3. The molecule has 4 rings (SSSR count). The SMILES string of the molecule is CC(=O)N1CC(F)(c2ccc(C3=NOC(c4cc(Cl)cc(C(F)(F)F)c4)(C(F)(F)F)C3)cc2)C1. The lowest BCUT2D eigenvalue weighted by Crippen LogP contribution is -2.58. The Morgan fingerprint density at radius 1 is 1.03 bits per heavy atom. The molecule has 0 saturated carbocycles. The van der Waals surface area contributed by atoms with Crippen LogP contribution in [0.2, 0.25) is 5.02 Å². The lowest BCUT2D eigenvalue weighted by atomic mass is 9.84. The fourth-order valence-electron chi connectivity index (χ4n) is 3.97. The van der Waals surface area contributed by atoms with Crippen LogP contribution in [-0.2, 0) is 27.1 Å². The molecular weight excluding hydrogens is 493 g/mol. The molecule has 0 N–H and O–H groups in total. The normalized spacial score (nSPS) is 22.1. The minimum Gasteiger partial charge on any atom is -0.374 e. The lowest BCUT2D eigenvalue weighted by molar-refractivity contribution is -0.276.